The largest absolute Gasteiger partial charge is 0.495 e. The van der Waals surface area contributed by atoms with Crippen LogP contribution in [-0.4, -0.2) is 23.3 Å². The molecule has 0 aliphatic carbocycles. The second kappa shape index (κ2) is 4.51. The quantitative estimate of drug-likeness (QED) is 0.831. The van der Waals surface area contributed by atoms with Gasteiger partial charge in [0.2, 0.25) is 0 Å². The first kappa shape index (κ1) is 11.8. The topological polar surface area (TPSA) is 66.8 Å². The number of rotatable bonds is 3. The number of benzene rings is 1. The van der Waals surface area contributed by atoms with Gasteiger partial charge in [0.15, 0.2) is 6.10 Å². The van der Waals surface area contributed by atoms with Crippen LogP contribution in [0.25, 0.3) is 0 Å². The summed E-state index contributed by atoms with van der Waals surface area (Å²) >= 11 is 5.82. The summed E-state index contributed by atoms with van der Waals surface area (Å²) in [5, 5.41) is 18.5. The van der Waals surface area contributed by atoms with E-state index in [0.717, 1.165) is 0 Å². The Morgan fingerprint density at radius 2 is 2.13 bits per heavy atom. The zero-order valence-corrected chi connectivity index (χ0v) is 9.08. The van der Waals surface area contributed by atoms with Gasteiger partial charge >= 0.3 is 5.97 Å². The third-order valence-electron chi connectivity index (χ3n) is 2.08. The van der Waals surface area contributed by atoms with Gasteiger partial charge in [0, 0.05) is 5.56 Å². The van der Waals surface area contributed by atoms with E-state index in [2.05, 4.69) is 0 Å². The molecule has 5 heteroatoms. The Morgan fingerprint density at radius 3 is 2.60 bits per heavy atom. The van der Waals surface area contributed by atoms with Crippen LogP contribution in [0.3, 0.4) is 0 Å². The molecular formula is C10H11ClO4. The van der Waals surface area contributed by atoms with Gasteiger partial charge in [0.05, 0.1) is 12.1 Å². The first-order valence-electron chi connectivity index (χ1n) is 4.23. The molecule has 1 unspecified atom stereocenters. The third kappa shape index (κ3) is 2.22. The van der Waals surface area contributed by atoms with Crippen molar-refractivity contribution in [3.05, 3.63) is 28.3 Å². The molecule has 1 aromatic rings. The number of ether oxygens (including phenoxy) is 1. The van der Waals surface area contributed by atoms with Gasteiger partial charge in [0.1, 0.15) is 5.75 Å². The molecule has 0 saturated carbocycles. The van der Waals surface area contributed by atoms with Crippen molar-refractivity contribution in [3.8, 4) is 5.75 Å². The Bertz CT molecular complexity index is 389. The summed E-state index contributed by atoms with van der Waals surface area (Å²) in [6.07, 6.45) is -1.63. The number of aryl methyl sites for hydroxylation is 1. The monoisotopic (exact) mass is 230 g/mol. The van der Waals surface area contributed by atoms with E-state index < -0.39 is 12.1 Å². The summed E-state index contributed by atoms with van der Waals surface area (Å²) < 4.78 is 4.97. The lowest BCUT2D eigenvalue weighted by Crippen LogP contribution is -2.13. The van der Waals surface area contributed by atoms with Crippen molar-refractivity contribution in [3.63, 3.8) is 0 Å². The van der Waals surface area contributed by atoms with E-state index in [1.54, 1.807) is 19.1 Å². The number of hydrogen-bond acceptors (Lipinski definition) is 3. The summed E-state index contributed by atoms with van der Waals surface area (Å²) in [6.45, 7) is 1.68. The lowest BCUT2D eigenvalue weighted by Gasteiger charge is -2.15. The Kier molecular flexibility index (Phi) is 3.55. The maximum atomic E-state index is 10.7. The van der Waals surface area contributed by atoms with Gasteiger partial charge in [-0.25, -0.2) is 4.79 Å². The van der Waals surface area contributed by atoms with Crippen LogP contribution in [0.5, 0.6) is 5.75 Å². The molecule has 2 N–H and O–H groups in total. The maximum absolute atomic E-state index is 10.7. The molecule has 0 fully saturated rings. The first-order valence-corrected chi connectivity index (χ1v) is 4.60. The number of aliphatic hydroxyl groups excluding tert-OH is 1. The molecule has 0 spiro atoms. The molecule has 0 bridgehead atoms. The predicted octanol–water partition coefficient (Wildman–Crippen LogP) is 1.78. The fourth-order valence-electron chi connectivity index (χ4n) is 1.34. The van der Waals surface area contributed by atoms with Gasteiger partial charge in [-0.2, -0.15) is 0 Å². The van der Waals surface area contributed by atoms with Crippen LogP contribution >= 0.6 is 11.6 Å². The number of carbonyl (C=O) groups is 1. The second-order valence-electron chi connectivity index (χ2n) is 3.05. The van der Waals surface area contributed by atoms with Crippen molar-refractivity contribution in [2.75, 3.05) is 7.11 Å². The number of carboxylic acid groups (broad SMARTS) is 1. The van der Waals surface area contributed by atoms with Crippen molar-refractivity contribution >= 4 is 17.6 Å². The van der Waals surface area contributed by atoms with E-state index in [-0.39, 0.29) is 16.3 Å². The maximum Gasteiger partial charge on any atom is 0.337 e. The number of hydrogen-bond donors (Lipinski definition) is 2. The summed E-state index contributed by atoms with van der Waals surface area (Å²) in [5.74, 6) is -1.13. The number of aliphatic carboxylic acids is 1. The lowest BCUT2D eigenvalue weighted by atomic mass is 10.0. The van der Waals surface area contributed by atoms with Gasteiger partial charge in [-0.05, 0) is 18.6 Å². The molecule has 1 rings (SSSR count). The minimum Gasteiger partial charge on any atom is -0.495 e. The molecular weight excluding hydrogens is 220 g/mol. The van der Waals surface area contributed by atoms with E-state index in [9.17, 15) is 9.90 Å². The molecule has 0 amide bonds. The van der Waals surface area contributed by atoms with Crippen LogP contribution in [0.4, 0.5) is 0 Å². The third-order valence-corrected chi connectivity index (χ3v) is 2.38. The van der Waals surface area contributed by atoms with Gasteiger partial charge in [-0.15, -0.1) is 0 Å². The average Bonchev–Trinajstić information content (AvgIpc) is 2.19. The van der Waals surface area contributed by atoms with Crippen molar-refractivity contribution in [1.82, 2.24) is 0 Å². The highest BCUT2D eigenvalue weighted by Crippen LogP contribution is 2.35. The standard InChI is InChI=1S/C10H11ClO4/c1-5-3-4-6(11)9(15-2)7(5)8(12)10(13)14/h3-4,8,12H,1-2H3,(H,13,14). The number of aliphatic hydroxyl groups is 1. The Labute approximate surface area is 92.1 Å². The highest BCUT2D eigenvalue weighted by Gasteiger charge is 2.24. The zero-order valence-electron chi connectivity index (χ0n) is 8.32. The number of halogens is 1. The molecule has 0 radical (unpaired) electrons. The van der Waals surface area contributed by atoms with Gasteiger partial charge < -0.3 is 14.9 Å². The molecule has 0 aliphatic rings. The van der Waals surface area contributed by atoms with Crippen LogP contribution in [-0.2, 0) is 4.79 Å². The van der Waals surface area contributed by atoms with Crippen LogP contribution in [0.2, 0.25) is 5.02 Å². The van der Waals surface area contributed by atoms with Gasteiger partial charge in [0.25, 0.3) is 0 Å². The summed E-state index contributed by atoms with van der Waals surface area (Å²) in [5.41, 5.74) is 0.809. The molecule has 1 atom stereocenters. The Balaban J connectivity index is 3.37. The second-order valence-corrected chi connectivity index (χ2v) is 3.46. The minimum absolute atomic E-state index is 0.192. The van der Waals surface area contributed by atoms with Gasteiger partial charge in [-0.3, -0.25) is 0 Å². The molecule has 15 heavy (non-hydrogen) atoms. The Morgan fingerprint density at radius 1 is 1.53 bits per heavy atom. The lowest BCUT2D eigenvalue weighted by molar-refractivity contribution is -0.147. The van der Waals surface area contributed by atoms with Crippen molar-refractivity contribution < 1.29 is 19.7 Å². The van der Waals surface area contributed by atoms with E-state index in [0.29, 0.717) is 5.56 Å². The van der Waals surface area contributed by atoms with E-state index in [4.69, 9.17) is 21.4 Å². The molecule has 1 aromatic carbocycles. The molecule has 4 nitrogen and oxygen atoms in total. The smallest absolute Gasteiger partial charge is 0.337 e. The van der Waals surface area contributed by atoms with E-state index in [1.165, 1.54) is 7.11 Å². The normalized spacial score (nSPS) is 12.3. The minimum atomic E-state index is -1.63. The van der Waals surface area contributed by atoms with E-state index in [1.807, 2.05) is 0 Å². The highest BCUT2D eigenvalue weighted by atomic mass is 35.5. The molecule has 0 saturated heterocycles. The first-order chi connectivity index (χ1) is 6.99. The predicted molar refractivity (Wildman–Crippen MR) is 55.3 cm³/mol. The van der Waals surface area contributed by atoms with Crippen LogP contribution in [0, 0.1) is 6.92 Å². The van der Waals surface area contributed by atoms with Crippen molar-refractivity contribution in [2.24, 2.45) is 0 Å². The number of methoxy groups -OCH3 is 1. The summed E-state index contributed by atoms with van der Waals surface area (Å²) in [4.78, 5) is 10.7. The number of carboxylic acids is 1. The molecule has 0 aromatic heterocycles. The van der Waals surface area contributed by atoms with Crippen molar-refractivity contribution in [2.45, 2.75) is 13.0 Å². The fourth-order valence-corrected chi connectivity index (χ4v) is 1.58. The van der Waals surface area contributed by atoms with Crippen LogP contribution in [0.1, 0.15) is 17.2 Å². The average molecular weight is 231 g/mol. The zero-order chi connectivity index (χ0) is 11.6. The summed E-state index contributed by atoms with van der Waals surface area (Å²) in [7, 11) is 1.37. The van der Waals surface area contributed by atoms with Gasteiger partial charge in [-0.1, -0.05) is 17.7 Å². The summed E-state index contributed by atoms with van der Waals surface area (Å²) in [6, 6.07) is 3.22. The molecule has 0 aliphatic heterocycles. The van der Waals surface area contributed by atoms with Crippen LogP contribution < -0.4 is 4.74 Å². The molecule has 0 heterocycles. The Hall–Kier alpha value is -1.26. The van der Waals surface area contributed by atoms with Crippen molar-refractivity contribution in [1.29, 1.82) is 0 Å². The molecule has 82 valence electrons. The van der Waals surface area contributed by atoms with Crippen LogP contribution in [0.15, 0.2) is 12.1 Å². The SMILES string of the molecule is COc1c(Cl)ccc(C)c1C(O)C(=O)O. The highest BCUT2D eigenvalue weighted by molar-refractivity contribution is 6.32. The van der Waals surface area contributed by atoms with E-state index >= 15 is 0 Å². The fraction of sp³-hybridized carbons (Fsp3) is 0.300.